The lowest BCUT2D eigenvalue weighted by atomic mass is 9.97. The molecule has 1 aliphatic heterocycles. The smallest absolute Gasteiger partial charge is 0.326 e. The normalized spacial score (nSPS) is 19.3. The first-order valence-corrected chi connectivity index (χ1v) is 6.62. The Morgan fingerprint density at radius 2 is 1.84 bits per heavy atom. The van der Waals surface area contributed by atoms with Crippen LogP contribution in [0.15, 0.2) is 18.2 Å². The van der Waals surface area contributed by atoms with Crippen LogP contribution in [-0.4, -0.2) is 34.5 Å². The minimum atomic E-state index is -0.903. The van der Waals surface area contributed by atoms with Gasteiger partial charge in [-0.25, -0.2) is 4.79 Å². The van der Waals surface area contributed by atoms with Gasteiger partial charge in [-0.1, -0.05) is 18.2 Å². The van der Waals surface area contributed by atoms with Crippen LogP contribution in [0.2, 0.25) is 0 Å². The van der Waals surface area contributed by atoms with Gasteiger partial charge in [0, 0.05) is 12.1 Å². The Kier molecular flexibility index (Phi) is 3.88. The summed E-state index contributed by atoms with van der Waals surface area (Å²) in [6, 6.07) is 5.01. The molecule has 4 nitrogen and oxygen atoms in total. The summed E-state index contributed by atoms with van der Waals surface area (Å²) >= 11 is 0. The summed E-state index contributed by atoms with van der Waals surface area (Å²) in [5.74, 6) is -1.05. The minimum absolute atomic E-state index is 0.150. The van der Waals surface area contributed by atoms with Crippen LogP contribution in [0.5, 0.6) is 0 Å². The van der Waals surface area contributed by atoms with Gasteiger partial charge in [-0.3, -0.25) is 4.79 Å². The molecule has 0 bridgehead atoms. The van der Waals surface area contributed by atoms with E-state index in [1.807, 2.05) is 32.0 Å². The van der Waals surface area contributed by atoms with Gasteiger partial charge in [-0.15, -0.1) is 0 Å². The molecule has 1 atom stereocenters. The second kappa shape index (κ2) is 5.43. The Morgan fingerprint density at radius 3 is 2.42 bits per heavy atom. The molecular weight excluding hydrogens is 242 g/mol. The van der Waals surface area contributed by atoms with Gasteiger partial charge < -0.3 is 10.0 Å². The molecule has 0 aliphatic carbocycles. The van der Waals surface area contributed by atoms with E-state index in [1.165, 1.54) is 4.90 Å². The highest BCUT2D eigenvalue weighted by atomic mass is 16.4. The molecule has 19 heavy (non-hydrogen) atoms. The van der Waals surface area contributed by atoms with E-state index < -0.39 is 12.0 Å². The van der Waals surface area contributed by atoms with E-state index in [-0.39, 0.29) is 5.91 Å². The molecule has 1 N–H and O–H groups in total. The number of rotatable bonds is 2. The molecule has 4 heteroatoms. The van der Waals surface area contributed by atoms with Crippen molar-refractivity contribution in [3.63, 3.8) is 0 Å². The van der Waals surface area contributed by atoms with Gasteiger partial charge >= 0.3 is 5.97 Å². The number of carboxylic acids is 1. The standard InChI is InChI=1S/C15H19NO3/c1-10-6-5-7-11(2)13(10)14(17)16-9-4-3-8-12(16)15(18)19/h5-7,12H,3-4,8-9H2,1-2H3,(H,18,19)/t12-/m0/s1. The minimum Gasteiger partial charge on any atom is -0.480 e. The third-order valence-electron chi connectivity index (χ3n) is 3.74. The summed E-state index contributed by atoms with van der Waals surface area (Å²) in [6.45, 7) is 4.31. The first-order valence-electron chi connectivity index (χ1n) is 6.62. The first-order chi connectivity index (χ1) is 9.02. The fraction of sp³-hybridized carbons (Fsp3) is 0.467. The van der Waals surface area contributed by atoms with Crippen molar-refractivity contribution in [3.05, 3.63) is 34.9 Å². The van der Waals surface area contributed by atoms with Crippen LogP contribution >= 0.6 is 0 Å². The molecule has 0 spiro atoms. The number of carboxylic acid groups (broad SMARTS) is 1. The lowest BCUT2D eigenvalue weighted by Gasteiger charge is -2.33. The molecule has 1 aliphatic rings. The molecule has 1 aromatic rings. The van der Waals surface area contributed by atoms with E-state index >= 15 is 0 Å². The van der Waals surface area contributed by atoms with E-state index in [9.17, 15) is 14.7 Å². The Labute approximate surface area is 113 Å². The second-order valence-electron chi connectivity index (χ2n) is 5.12. The lowest BCUT2D eigenvalue weighted by molar-refractivity contribution is -0.143. The fourth-order valence-electron chi connectivity index (χ4n) is 2.73. The summed E-state index contributed by atoms with van der Waals surface area (Å²) in [5.41, 5.74) is 2.45. The van der Waals surface area contributed by atoms with Gasteiger partial charge in [0.15, 0.2) is 0 Å². The maximum atomic E-state index is 12.6. The summed E-state index contributed by atoms with van der Waals surface area (Å²) in [5, 5.41) is 9.25. The Hall–Kier alpha value is -1.84. The third-order valence-corrected chi connectivity index (χ3v) is 3.74. The highest BCUT2D eigenvalue weighted by Crippen LogP contribution is 2.23. The number of aryl methyl sites for hydroxylation is 2. The molecule has 1 heterocycles. The van der Waals surface area contributed by atoms with E-state index in [0.717, 1.165) is 24.0 Å². The molecule has 102 valence electrons. The fourth-order valence-corrected chi connectivity index (χ4v) is 2.73. The zero-order chi connectivity index (χ0) is 14.0. The lowest BCUT2D eigenvalue weighted by Crippen LogP contribution is -2.48. The largest absolute Gasteiger partial charge is 0.480 e. The van der Waals surface area contributed by atoms with Gasteiger partial charge in [0.25, 0.3) is 5.91 Å². The van der Waals surface area contributed by atoms with E-state index in [1.54, 1.807) is 0 Å². The van der Waals surface area contributed by atoms with Crippen LogP contribution in [0, 0.1) is 13.8 Å². The van der Waals surface area contributed by atoms with Crippen LogP contribution in [-0.2, 0) is 4.79 Å². The molecule has 0 saturated carbocycles. The summed E-state index contributed by atoms with van der Waals surface area (Å²) in [4.78, 5) is 25.4. The maximum Gasteiger partial charge on any atom is 0.326 e. The molecule has 1 amide bonds. The molecule has 1 fully saturated rings. The highest BCUT2D eigenvalue weighted by molar-refractivity contribution is 5.99. The van der Waals surface area contributed by atoms with Crippen LogP contribution in [0.1, 0.15) is 40.7 Å². The number of aliphatic carboxylic acids is 1. The molecule has 2 rings (SSSR count). The van der Waals surface area contributed by atoms with E-state index in [2.05, 4.69) is 0 Å². The van der Waals surface area contributed by atoms with Gasteiger partial charge in [0.1, 0.15) is 6.04 Å². The van der Waals surface area contributed by atoms with Crippen molar-refractivity contribution < 1.29 is 14.7 Å². The molecule has 1 saturated heterocycles. The third kappa shape index (κ3) is 2.62. The number of benzene rings is 1. The van der Waals surface area contributed by atoms with Crippen molar-refractivity contribution in [2.24, 2.45) is 0 Å². The second-order valence-corrected chi connectivity index (χ2v) is 5.12. The van der Waals surface area contributed by atoms with Crippen LogP contribution < -0.4 is 0 Å². The average molecular weight is 261 g/mol. The van der Waals surface area contributed by atoms with Gasteiger partial charge in [0.2, 0.25) is 0 Å². The van der Waals surface area contributed by atoms with Gasteiger partial charge in [-0.2, -0.15) is 0 Å². The Bertz CT molecular complexity index is 490. The van der Waals surface area contributed by atoms with Crippen molar-refractivity contribution >= 4 is 11.9 Å². The van der Waals surface area contributed by atoms with Crippen LogP contribution in [0.4, 0.5) is 0 Å². The predicted octanol–water partition coefficient (Wildman–Crippen LogP) is 2.38. The summed E-state index contributed by atoms with van der Waals surface area (Å²) in [7, 11) is 0. The highest BCUT2D eigenvalue weighted by Gasteiger charge is 2.33. The van der Waals surface area contributed by atoms with Crippen molar-refractivity contribution in [1.82, 2.24) is 4.90 Å². The molecule has 1 aromatic carbocycles. The quantitative estimate of drug-likeness (QED) is 0.889. The topological polar surface area (TPSA) is 57.6 Å². The number of carbonyl (C=O) groups excluding carboxylic acids is 1. The number of nitrogens with zero attached hydrogens (tertiary/aromatic N) is 1. The van der Waals surface area contributed by atoms with Crippen molar-refractivity contribution in [3.8, 4) is 0 Å². The Morgan fingerprint density at radius 1 is 1.21 bits per heavy atom. The van der Waals surface area contributed by atoms with Crippen LogP contribution in [0.3, 0.4) is 0 Å². The summed E-state index contributed by atoms with van der Waals surface area (Å²) in [6.07, 6.45) is 2.29. The van der Waals surface area contributed by atoms with Crippen LogP contribution in [0.25, 0.3) is 0 Å². The average Bonchev–Trinajstić information content (AvgIpc) is 2.38. The zero-order valence-corrected chi connectivity index (χ0v) is 11.3. The summed E-state index contributed by atoms with van der Waals surface area (Å²) < 4.78 is 0. The predicted molar refractivity (Wildman–Crippen MR) is 72.2 cm³/mol. The van der Waals surface area contributed by atoms with Crippen molar-refractivity contribution in [2.45, 2.75) is 39.2 Å². The molecular formula is C15H19NO3. The van der Waals surface area contributed by atoms with Gasteiger partial charge in [-0.05, 0) is 44.2 Å². The number of hydrogen-bond acceptors (Lipinski definition) is 2. The van der Waals surface area contributed by atoms with Crippen molar-refractivity contribution in [2.75, 3.05) is 6.54 Å². The number of carbonyl (C=O) groups is 2. The Balaban J connectivity index is 2.34. The van der Waals surface area contributed by atoms with E-state index in [4.69, 9.17) is 0 Å². The first kappa shape index (κ1) is 13.6. The van der Waals surface area contributed by atoms with Crippen molar-refractivity contribution in [1.29, 1.82) is 0 Å². The molecule has 0 radical (unpaired) electrons. The monoisotopic (exact) mass is 261 g/mol. The molecule has 0 unspecified atom stereocenters. The number of hydrogen-bond donors (Lipinski definition) is 1. The number of piperidine rings is 1. The number of likely N-dealkylation sites (tertiary alicyclic amines) is 1. The maximum absolute atomic E-state index is 12.6. The van der Waals surface area contributed by atoms with E-state index in [0.29, 0.717) is 18.5 Å². The SMILES string of the molecule is Cc1cccc(C)c1C(=O)N1CCCC[C@H]1C(=O)O. The molecule has 0 aromatic heterocycles. The van der Waals surface area contributed by atoms with Gasteiger partial charge in [0.05, 0.1) is 0 Å². The zero-order valence-electron chi connectivity index (χ0n) is 11.3. The number of amides is 1.